The van der Waals surface area contributed by atoms with E-state index in [-0.39, 0.29) is 20.1 Å². The molecule has 0 amide bonds. The number of rotatable bonds is 5. The van der Waals surface area contributed by atoms with Crippen molar-refractivity contribution in [3.05, 3.63) is 157 Å². The molecule has 0 unspecified atom stereocenters. The van der Waals surface area contributed by atoms with Crippen molar-refractivity contribution in [2.75, 3.05) is 0 Å². The van der Waals surface area contributed by atoms with Gasteiger partial charge in [-0.05, 0) is 46.8 Å². The van der Waals surface area contributed by atoms with Gasteiger partial charge in [-0.2, -0.15) is 0 Å². The molecule has 0 aliphatic rings. The zero-order valence-corrected chi connectivity index (χ0v) is 33.3. The van der Waals surface area contributed by atoms with Crippen LogP contribution in [0.25, 0.3) is 71.9 Å². The van der Waals surface area contributed by atoms with E-state index in [9.17, 15) is 0 Å². The molecule has 52 heavy (non-hydrogen) atoms. The summed E-state index contributed by atoms with van der Waals surface area (Å²) >= 11 is 0. The number of hydrogen-bond donors (Lipinski definition) is 0. The molecule has 5 aromatic carbocycles. The van der Waals surface area contributed by atoms with Gasteiger partial charge in [0.15, 0.2) is 0 Å². The first-order valence-electron chi connectivity index (χ1n) is 17.5. The van der Waals surface area contributed by atoms with E-state index in [2.05, 4.69) is 157 Å². The first kappa shape index (κ1) is 35.3. The number of fused-ring (bicyclic) bond motifs is 7. The Kier molecular flexibility index (Phi) is 9.82. The van der Waals surface area contributed by atoms with Crippen LogP contribution in [0.4, 0.5) is 0 Å². The van der Waals surface area contributed by atoms with Crippen molar-refractivity contribution >= 4 is 57.0 Å². The normalized spacial score (nSPS) is 11.6. The summed E-state index contributed by atoms with van der Waals surface area (Å²) in [7, 11) is -1.23. The number of pyridine rings is 2. The Balaban J connectivity index is 0.000000209. The average Bonchev–Trinajstić information content (AvgIpc) is 3.72. The van der Waals surface area contributed by atoms with Gasteiger partial charge in [-0.15, -0.1) is 54.1 Å². The standard InChI is InChI=1S/C32H23N2O.C14H16NSi.Ir/c1-20(2)21-17-18-33-28(19-21)27-13-8-12-25-26-16-15-24-23-11-6-7-14-29(23)34(22-9-4-3-5-10-22)30(24)32(26)35-31(25)27;1-16(2,3)13-9-10-14(15-11-13)12-7-5-4-6-8-12;/h3-12,14-20H,1-2H3;4-7,9-11H,1-3H3;/q2*-1;. The fraction of sp³-hybridized carbons (Fsp3) is 0.130. The molecule has 0 saturated heterocycles. The van der Waals surface area contributed by atoms with Gasteiger partial charge < -0.3 is 19.0 Å². The van der Waals surface area contributed by atoms with E-state index in [1.807, 2.05) is 42.7 Å². The molecule has 0 aliphatic carbocycles. The first-order valence-corrected chi connectivity index (χ1v) is 21.0. The number of furan rings is 1. The van der Waals surface area contributed by atoms with Crippen LogP contribution in [0, 0.1) is 12.1 Å². The fourth-order valence-electron chi connectivity index (χ4n) is 6.77. The number of para-hydroxylation sites is 2. The largest absolute Gasteiger partial charge is 0.498 e. The number of aromatic nitrogens is 3. The molecular formula is C46H39IrN3OSi-2. The molecule has 0 atom stereocenters. The van der Waals surface area contributed by atoms with E-state index in [0.29, 0.717) is 5.92 Å². The Morgan fingerprint density at radius 3 is 2.13 bits per heavy atom. The molecule has 4 heterocycles. The number of nitrogens with zero attached hydrogens (tertiary/aromatic N) is 3. The Labute approximate surface area is 319 Å². The third-order valence-electron chi connectivity index (χ3n) is 9.57. The smallest absolute Gasteiger partial charge is 0.145 e. The fourth-order valence-corrected chi connectivity index (χ4v) is 7.81. The van der Waals surface area contributed by atoms with Crippen LogP contribution in [-0.4, -0.2) is 22.6 Å². The predicted molar refractivity (Wildman–Crippen MR) is 216 cm³/mol. The molecule has 0 fully saturated rings. The first-order chi connectivity index (χ1) is 24.8. The van der Waals surface area contributed by atoms with E-state index in [4.69, 9.17) is 4.42 Å². The minimum absolute atomic E-state index is 0. The monoisotopic (exact) mass is 870 g/mol. The van der Waals surface area contributed by atoms with Crippen molar-refractivity contribution in [1.29, 1.82) is 0 Å². The van der Waals surface area contributed by atoms with Crippen LogP contribution >= 0.6 is 0 Å². The van der Waals surface area contributed by atoms with Crippen molar-refractivity contribution in [2.45, 2.75) is 39.4 Å². The Bertz CT molecular complexity index is 2640. The second-order valence-electron chi connectivity index (χ2n) is 14.3. The quantitative estimate of drug-likeness (QED) is 0.128. The zero-order valence-electron chi connectivity index (χ0n) is 29.9. The topological polar surface area (TPSA) is 43.9 Å². The number of hydrogen-bond acceptors (Lipinski definition) is 3. The van der Waals surface area contributed by atoms with Gasteiger partial charge in [0.1, 0.15) is 5.58 Å². The van der Waals surface area contributed by atoms with Gasteiger partial charge in [-0.3, -0.25) is 0 Å². The van der Waals surface area contributed by atoms with Crippen molar-refractivity contribution in [2.24, 2.45) is 0 Å². The summed E-state index contributed by atoms with van der Waals surface area (Å²) in [6, 6.07) is 50.6. The summed E-state index contributed by atoms with van der Waals surface area (Å²) in [5, 5.41) is 5.97. The molecule has 1 radical (unpaired) electrons. The molecule has 0 bridgehead atoms. The molecule has 0 aliphatic heterocycles. The summed E-state index contributed by atoms with van der Waals surface area (Å²) in [5.74, 6) is 0.424. The minimum Gasteiger partial charge on any atom is -0.498 e. The van der Waals surface area contributed by atoms with Gasteiger partial charge in [0.05, 0.1) is 24.7 Å². The van der Waals surface area contributed by atoms with Crippen LogP contribution in [0.15, 0.2) is 144 Å². The van der Waals surface area contributed by atoms with Crippen molar-refractivity contribution in [1.82, 2.24) is 14.5 Å². The van der Waals surface area contributed by atoms with Crippen LogP contribution in [0.1, 0.15) is 25.3 Å². The van der Waals surface area contributed by atoms with Gasteiger partial charge >= 0.3 is 0 Å². The second kappa shape index (κ2) is 14.5. The molecular weight excluding hydrogens is 831 g/mol. The van der Waals surface area contributed by atoms with Gasteiger partial charge in [0, 0.05) is 54.3 Å². The van der Waals surface area contributed by atoms with Crippen LogP contribution in [-0.2, 0) is 20.1 Å². The number of benzene rings is 5. The van der Waals surface area contributed by atoms with Gasteiger partial charge in [0.25, 0.3) is 0 Å². The summed E-state index contributed by atoms with van der Waals surface area (Å²) in [5.41, 5.74) is 10.2. The summed E-state index contributed by atoms with van der Waals surface area (Å²) < 4.78 is 9.07. The van der Waals surface area contributed by atoms with E-state index >= 15 is 0 Å². The van der Waals surface area contributed by atoms with Crippen LogP contribution < -0.4 is 5.19 Å². The molecule has 9 aromatic rings. The third kappa shape index (κ3) is 6.54. The van der Waals surface area contributed by atoms with E-state index in [1.165, 1.54) is 27.0 Å². The van der Waals surface area contributed by atoms with E-state index in [0.717, 1.165) is 55.7 Å². The molecule has 4 nitrogen and oxygen atoms in total. The molecule has 9 rings (SSSR count). The molecule has 6 heteroatoms. The maximum atomic E-state index is 6.75. The second-order valence-corrected chi connectivity index (χ2v) is 19.4. The Hall–Kier alpha value is -5.13. The maximum Gasteiger partial charge on any atom is 0.145 e. The molecule has 4 aromatic heterocycles. The van der Waals surface area contributed by atoms with E-state index < -0.39 is 8.07 Å². The summed E-state index contributed by atoms with van der Waals surface area (Å²) in [6.45, 7) is 11.4. The maximum absolute atomic E-state index is 6.75. The van der Waals surface area contributed by atoms with Crippen LogP contribution in [0.3, 0.4) is 0 Å². The van der Waals surface area contributed by atoms with Crippen molar-refractivity contribution < 1.29 is 24.5 Å². The SMILES string of the molecule is CC(C)c1ccnc(-c2[c-]ccc3c2oc2c3ccc3c4ccccc4n(-c4ccccc4)c32)c1.C[Si](C)(C)c1ccc(-c2[c-]cccc2)nc1.[Ir]. The summed E-state index contributed by atoms with van der Waals surface area (Å²) in [4.78, 5) is 9.20. The molecule has 0 N–H and O–H groups in total. The van der Waals surface area contributed by atoms with Gasteiger partial charge in [-0.25, -0.2) is 0 Å². The predicted octanol–water partition coefficient (Wildman–Crippen LogP) is 11.8. The van der Waals surface area contributed by atoms with E-state index in [1.54, 1.807) is 0 Å². The van der Waals surface area contributed by atoms with Crippen molar-refractivity contribution in [3.63, 3.8) is 0 Å². The average molecular weight is 870 g/mol. The molecule has 259 valence electrons. The van der Waals surface area contributed by atoms with Gasteiger partial charge in [0.2, 0.25) is 0 Å². The van der Waals surface area contributed by atoms with Crippen LogP contribution in [0.2, 0.25) is 19.6 Å². The Morgan fingerprint density at radius 2 is 1.40 bits per heavy atom. The Morgan fingerprint density at radius 1 is 0.654 bits per heavy atom. The van der Waals surface area contributed by atoms with Crippen molar-refractivity contribution in [3.8, 4) is 28.2 Å². The molecule has 0 spiro atoms. The zero-order chi connectivity index (χ0) is 35.1. The van der Waals surface area contributed by atoms with Crippen LogP contribution in [0.5, 0.6) is 0 Å². The van der Waals surface area contributed by atoms with Gasteiger partial charge in [-0.1, -0.05) is 117 Å². The summed E-state index contributed by atoms with van der Waals surface area (Å²) in [6.07, 6.45) is 3.90. The third-order valence-corrected chi connectivity index (χ3v) is 11.6. The molecule has 0 saturated carbocycles. The minimum atomic E-state index is -1.23.